The molecule has 0 aliphatic carbocycles. The monoisotopic (exact) mass is 312 g/mol. The number of benzene rings is 1. The fourth-order valence-electron chi connectivity index (χ4n) is 2.62. The third-order valence-corrected chi connectivity index (χ3v) is 3.96. The zero-order valence-corrected chi connectivity index (χ0v) is 13.2. The summed E-state index contributed by atoms with van der Waals surface area (Å²) in [6, 6.07) is 9.49. The van der Waals surface area contributed by atoms with Crippen molar-refractivity contribution in [3.8, 4) is 0 Å². The Morgan fingerprint density at radius 3 is 2.96 bits per heavy atom. The number of aliphatic hydroxyl groups is 1. The third kappa shape index (κ3) is 3.29. The first-order chi connectivity index (χ1) is 11.0. The first-order valence-corrected chi connectivity index (χ1v) is 7.55. The lowest BCUT2D eigenvalue weighted by Crippen LogP contribution is -2.39. The number of aromatic nitrogens is 1. The van der Waals surface area contributed by atoms with Gasteiger partial charge in [-0.05, 0) is 43.2 Å². The van der Waals surface area contributed by atoms with Crippen LogP contribution >= 0.6 is 0 Å². The number of carbonyl (C=O) groups is 1. The molecular formula is C18H20N2O3. The van der Waals surface area contributed by atoms with Gasteiger partial charge in [-0.1, -0.05) is 12.1 Å². The molecule has 120 valence electrons. The molecule has 5 heteroatoms. The van der Waals surface area contributed by atoms with Gasteiger partial charge in [-0.15, -0.1) is 0 Å². The minimum Gasteiger partial charge on any atom is -0.466 e. The summed E-state index contributed by atoms with van der Waals surface area (Å²) in [6.45, 7) is 3.74. The van der Waals surface area contributed by atoms with Gasteiger partial charge < -0.3 is 19.8 Å². The van der Waals surface area contributed by atoms with Crippen LogP contribution in [0.2, 0.25) is 0 Å². The lowest BCUT2D eigenvalue weighted by atomic mass is 10.0. The van der Waals surface area contributed by atoms with Gasteiger partial charge in [-0.2, -0.15) is 0 Å². The number of carbonyl (C=O) groups excluding carboxylic acids is 1. The highest BCUT2D eigenvalue weighted by Crippen LogP contribution is 2.21. The summed E-state index contributed by atoms with van der Waals surface area (Å²) in [7, 11) is 0. The maximum atomic E-state index is 12.2. The SMILES string of the molecule is Cc1ccc2c(CC(=O)NCC(C)(O)c3ccco3)c[nH]c2c1. The van der Waals surface area contributed by atoms with E-state index in [1.54, 1.807) is 19.1 Å². The largest absolute Gasteiger partial charge is 0.466 e. The van der Waals surface area contributed by atoms with Crippen LogP contribution in [0.3, 0.4) is 0 Å². The molecule has 1 unspecified atom stereocenters. The summed E-state index contributed by atoms with van der Waals surface area (Å²) in [5.41, 5.74) is 1.91. The lowest BCUT2D eigenvalue weighted by molar-refractivity contribution is -0.121. The minimum atomic E-state index is -1.23. The standard InChI is InChI=1S/C18H20N2O3/c1-12-5-6-14-13(10-19-15(14)8-12)9-17(21)20-11-18(2,22)16-4-3-7-23-16/h3-8,10,19,22H,9,11H2,1-2H3,(H,20,21). The van der Waals surface area contributed by atoms with E-state index in [1.165, 1.54) is 11.8 Å². The Hall–Kier alpha value is -2.53. The Morgan fingerprint density at radius 1 is 1.39 bits per heavy atom. The van der Waals surface area contributed by atoms with Gasteiger partial charge in [0.1, 0.15) is 11.4 Å². The van der Waals surface area contributed by atoms with Gasteiger partial charge in [-0.3, -0.25) is 4.79 Å². The summed E-state index contributed by atoms with van der Waals surface area (Å²) < 4.78 is 5.20. The van der Waals surface area contributed by atoms with Crippen molar-refractivity contribution in [3.05, 3.63) is 59.7 Å². The second-order valence-electron chi connectivity index (χ2n) is 6.07. The number of aromatic amines is 1. The zero-order chi connectivity index (χ0) is 16.4. The van der Waals surface area contributed by atoms with Crippen molar-refractivity contribution >= 4 is 16.8 Å². The molecule has 0 spiro atoms. The highest BCUT2D eigenvalue weighted by atomic mass is 16.4. The molecule has 2 heterocycles. The molecule has 1 aromatic carbocycles. The van der Waals surface area contributed by atoms with Crippen LogP contribution in [0.5, 0.6) is 0 Å². The number of hydrogen-bond donors (Lipinski definition) is 3. The van der Waals surface area contributed by atoms with Gasteiger partial charge in [0.25, 0.3) is 0 Å². The van der Waals surface area contributed by atoms with Gasteiger partial charge >= 0.3 is 0 Å². The molecule has 3 N–H and O–H groups in total. The summed E-state index contributed by atoms with van der Waals surface area (Å²) in [4.78, 5) is 15.4. The smallest absolute Gasteiger partial charge is 0.224 e. The van der Waals surface area contributed by atoms with E-state index in [2.05, 4.69) is 16.4 Å². The van der Waals surface area contributed by atoms with Gasteiger partial charge in [0.2, 0.25) is 5.91 Å². The zero-order valence-electron chi connectivity index (χ0n) is 13.2. The lowest BCUT2D eigenvalue weighted by Gasteiger charge is -2.21. The molecule has 0 aliphatic heterocycles. The average molecular weight is 312 g/mol. The fraction of sp³-hybridized carbons (Fsp3) is 0.278. The van der Waals surface area contributed by atoms with Crippen molar-refractivity contribution in [3.63, 3.8) is 0 Å². The minimum absolute atomic E-state index is 0.0980. The summed E-state index contributed by atoms with van der Waals surface area (Å²) >= 11 is 0. The van der Waals surface area contributed by atoms with E-state index < -0.39 is 5.60 Å². The predicted molar refractivity (Wildman–Crippen MR) is 88.0 cm³/mol. The Balaban J connectivity index is 1.65. The molecule has 0 saturated carbocycles. The van der Waals surface area contributed by atoms with E-state index in [0.29, 0.717) is 5.76 Å². The van der Waals surface area contributed by atoms with E-state index >= 15 is 0 Å². The Morgan fingerprint density at radius 2 is 2.22 bits per heavy atom. The van der Waals surface area contributed by atoms with E-state index in [0.717, 1.165) is 16.5 Å². The molecule has 1 amide bonds. The maximum absolute atomic E-state index is 12.2. The van der Waals surface area contributed by atoms with Crippen LogP contribution < -0.4 is 5.32 Å². The molecular weight excluding hydrogens is 292 g/mol. The molecule has 5 nitrogen and oxygen atoms in total. The first kappa shape index (κ1) is 15.4. The number of furan rings is 1. The number of fused-ring (bicyclic) bond motifs is 1. The normalized spacial score (nSPS) is 13.9. The van der Waals surface area contributed by atoms with Crippen molar-refractivity contribution in [2.24, 2.45) is 0 Å². The molecule has 1 atom stereocenters. The predicted octanol–water partition coefficient (Wildman–Crippen LogP) is 2.64. The first-order valence-electron chi connectivity index (χ1n) is 7.55. The number of rotatable bonds is 5. The number of H-pyrrole nitrogens is 1. The Labute approximate surface area is 134 Å². The van der Waals surface area contributed by atoms with Crippen molar-refractivity contribution < 1.29 is 14.3 Å². The fourth-order valence-corrected chi connectivity index (χ4v) is 2.62. The van der Waals surface area contributed by atoms with Crippen LogP contribution in [0, 0.1) is 6.92 Å². The third-order valence-electron chi connectivity index (χ3n) is 3.96. The molecule has 0 radical (unpaired) electrons. The molecule has 0 bridgehead atoms. The summed E-state index contributed by atoms with van der Waals surface area (Å²) in [5.74, 6) is 0.290. The number of amides is 1. The summed E-state index contributed by atoms with van der Waals surface area (Å²) in [5, 5.41) is 14.1. The molecule has 0 fully saturated rings. The van der Waals surface area contributed by atoms with Crippen molar-refractivity contribution in [2.45, 2.75) is 25.9 Å². The van der Waals surface area contributed by atoms with Gasteiger partial charge in [0, 0.05) is 17.1 Å². The molecule has 3 rings (SSSR count). The highest BCUT2D eigenvalue weighted by Gasteiger charge is 2.26. The molecule has 3 aromatic rings. The number of hydrogen-bond acceptors (Lipinski definition) is 3. The van der Waals surface area contributed by atoms with Crippen LogP contribution in [-0.2, 0) is 16.8 Å². The van der Waals surface area contributed by atoms with E-state index in [4.69, 9.17) is 4.42 Å². The van der Waals surface area contributed by atoms with Crippen molar-refractivity contribution in [1.82, 2.24) is 10.3 Å². The average Bonchev–Trinajstić information content (AvgIpc) is 3.16. The van der Waals surface area contributed by atoms with Crippen LogP contribution in [0.4, 0.5) is 0 Å². The van der Waals surface area contributed by atoms with E-state index in [1.807, 2.05) is 25.3 Å². The second kappa shape index (κ2) is 5.93. The number of nitrogens with one attached hydrogen (secondary N) is 2. The van der Waals surface area contributed by atoms with Crippen LogP contribution in [-0.4, -0.2) is 22.5 Å². The van der Waals surface area contributed by atoms with Crippen LogP contribution in [0.1, 0.15) is 23.8 Å². The van der Waals surface area contributed by atoms with Crippen molar-refractivity contribution in [1.29, 1.82) is 0 Å². The van der Waals surface area contributed by atoms with Crippen LogP contribution in [0.25, 0.3) is 10.9 Å². The van der Waals surface area contributed by atoms with Crippen LogP contribution in [0.15, 0.2) is 47.2 Å². The second-order valence-corrected chi connectivity index (χ2v) is 6.07. The maximum Gasteiger partial charge on any atom is 0.224 e. The van der Waals surface area contributed by atoms with Gasteiger partial charge in [0.05, 0.1) is 19.2 Å². The number of aryl methyl sites for hydroxylation is 1. The molecule has 0 saturated heterocycles. The van der Waals surface area contributed by atoms with E-state index in [9.17, 15) is 9.90 Å². The quantitative estimate of drug-likeness (QED) is 0.677. The highest BCUT2D eigenvalue weighted by molar-refractivity contribution is 5.89. The summed E-state index contributed by atoms with van der Waals surface area (Å²) in [6.07, 6.45) is 3.62. The molecule has 23 heavy (non-hydrogen) atoms. The van der Waals surface area contributed by atoms with E-state index in [-0.39, 0.29) is 18.9 Å². The van der Waals surface area contributed by atoms with Gasteiger partial charge in [0.15, 0.2) is 0 Å². The van der Waals surface area contributed by atoms with Crippen molar-refractivity contribution in [2.75, 3.05) is 6.54 Å². The molecule has 0 aliphatic rings. The molecule has 2 aromatic heterocycles. The Kier molecular flexibility index (Phi) is 3.96. The Bertz CT molecular complexity index is 816. The topological polar surface area (TPSA) is 78.3 Å². The van der Waals surface area contributed by atoms with Gasteiger partial charge in [-0.25, -0.2) is 0 Å².